The van der Waals surface area contributed by atoms with Crippen molar-refractivity contribution in [1.29, 1.82) is 0 Å². The summed E-state index contributed by atoms with van der Waals surface area (Å²) >= 11 is 1.12. The fraction of sp³-hybridized carbons (Fsp3) is 0.769. The zero-order valence-corrected chi connectivity index (χ0v) is 12.2. The second-order valence-electron chi connectivity index (χ2n) is 5.06. The molecule has 19 heavy (non-hydrogen) atoms. The van der Waals surface area contributed by atoms with E-state index in [4.69, 9.17) is 4.74 Å². The maximum absolute atomic E-state index is 11.9. The van der Waals surface area contributed by atoms with Crippen LogP contribution in [0.15, 0.2) is 6.20 Å². The molecule has 0 unspecified atom stereocenters. The second kappa shape index (κ2) is 6.96. The number of carbonyl (C=O) groups is 1. The van der Waals surface area contributed by atoms with Gasteiger partial charge in [0.2, 0.25) is 0 Å². The summed E-state index contributed by atoms with van der Waals surface area (Å²) in [6.45, 7) is 3.46. The van der Waals surface area contributed by atoms with Crippen molar-refractivity contribution in [2.24, 2.45) is 0 Å². The van der Waals surface area contributed by atoms with E-state index in [1.54, 1.807) is 0 Å². The molecule has 0 aliphatic heterocycles. The van der Waals surface area contributed by atoms with Crippen molar-refractivity contribution >= 4 is 17.4 Å². The summed E-state index contributed by atoms with van der Waals surface area (Å²) in [7, 11) is 0. The summed E-state index contributed by atoms with van der Waals surface area (Å²) in [5.41, 5.74) is -0.165. The Morgan fingerprint density at radius 1 is 1.47 bits per heavy atom. The normalized spacial score (nSPS) is 18.2. The third-order valence-electron chi connectivity index (χ3n) is 3.53. The molecule has 0 bridgehead atoms. The minimum atomic E-state index is -0.165. The van der Waals surface area contributed by atoms with Crippen LogP contribution in [0.5, 0.6) is 0 Å². The molecule has 106 valence electrons. The molecule has 0 radical (unpaired) electrons. The van der Waals surface area contributed by atoms with Crippen molar-refractivity contribution in [3.8, 4) is 0 Å². The standard InChI is InChI=1S/C13H21N3O2S/c1-2-8-18-13(6-4-3-5-7-13)10-14-12(17)11-9-15-16-19-11/h9H,2-8,10H2,1H3,(H,14,17). The van der Waals surface area contributed by atoms with Crippen LogP contribution in [0.2, 0.25) is 0 Å². The van der Waals surface area contributed by atoms with E-state index in [1.165, 1.54) is 25.5 Å². The first kappa shape index (κ1) is 14.4. The number of rotatable bonds is 6. The van der Waals surface area contributed by atoms with Crippen LogP contribution in [0.1, 0.15) is 55.1 Å². The average molecular weight is 283 g/mol. The topological polar surface area (TPSA) is 64.1 Å². The molecule has 2 rings (SSSR count). The van der Waals surface area contributed by atoms with Gasteiger partial charge in [-0.15, -0.1) is 5.10 Å². The minimum absolute atomic E-state index is 0.0972. The van der Waals surface area contributed by atoms with Crippen molar-refractivity contribution in [3.05, 3.63) is 11.1 Å². The lowest BCUT2D eigenvalue weighted by molar-refractivity contribution is -0.0668. The number of carbonyl (C=O) groups excluding carboxylic acids is 1. The number of hydrogen-bond acceptors (Lipinski definition) is 5. The van der Waals surface area contributed by atoms with Crippen LogP contribution < -0.4 is 5.32 Å². The summed E-state index contributed by atoms with van der Waals surface area (Å²) in [6.07, 6.45) is 8.21. The lowest BCUT2D eigenvalue weighted by Crippen LogP contribution is -2.46. The van der Waals surface area contributed by atoms with Crippen molar-refractivity contribution < 1.29 is 9.53 Å². The van der Waals surface area contributed by atoms with Crippen LogP contribution >= 0.6 is 11.5 Å². The molecule has 0 atom stereocenters. The quantitative estimate of drug-likeness (QED) is 0.870. The fourth-order valence-corrected chi connectivity index (χ4v) is 2.91. The molecule has 1 heterocycles. The predicted octanol–water partition coefficient (Wildman–Crippen LogP) is 2.40. The van der Waals surface area contributed by atoms with E-state index >= 15 is 0 Å². The summed E-state index contributed by atoms with van der Waals surface area (Å²) in [5.74, 6) is -0.0972. The number of nitrogens with one attached hydrogen (secondary N) is 1. The first-order chi connectivity index (χ1) is 9.26. The molecule has 1 aromatic rings. The highest BCUT2D eigenvalue weighted by atomic mass is 32.1. The molecule has 1 amide bonds. The molecule has 1 aliphatic carbocycles. The van der Waals surface area contributed by atoms with E-state index in [1.807, 2.05) is 0 Å². The molecule has 1 fully saturated rings. The molecule has 0 saturated heterocycles. The maximum atomic E-state index is 11.9. The number of amides is 1. The first-order valence-electron chi connectivity index (χ1n) is 6.95. The van der Waals surface area contributed by atoms with Crippen molar-refractivity contribution in [2.75, 3.05) is 13.2 Å². The van der Waals surface area contributed by atoms with Gasteiger partial charge in [-0.05, 0) is 30.8 Å². The summed E-state index contributed by atoms with van der Waals surface area (Å²) in [5, 5.41) is 6.65. The van der Waals surface area contributed by atoms with E-state index in [9.17, 15) is 4.79 Å². The highest BCUT2D eigenvalue weighted by Gasteiger charge is 2.33. The zero-order valence-electron chi connectivity index (χ0n) is 11.4. The Labute approximate surface area is 117 Å². The zero-order chi connectivity index (χ0) is 13.6. The van der Waals surface area contributed by atoms with Gasteiger partial charge in [-0.25, -0.2) is 0 Å². The Bertz CT molecular complexity index is 389. The number of ether oxygens (including phenoxy) is 1. The molecule has 0 spiro atoms. The van der Waals surface area contributed by atoms with Crippen LogP contribution in [0, 0.1) is 0 Å². The highest BCUT2D eigenvalue weighted by molar-refractivity contribution is 7.07. The van der Waals surface area contributed by atoms with Crippen LogP contribution in [-0.4, -0.2) is 34.2 Å². The van der Waals surface area contributed by atoms with Crippen LogP contribution in [0.3, 0.4) is 0 Å². The van der Waals surface area contributed by atoms with Crippen LogP contribution in [0.25, 0.3) is 0 Å². The smallest absolute Gasteiger partial charge is 0.264 e. The summed E-state index contributed by atoms with van der Waals surface area (Å²) in [4.78, 5) is 12.5. The van der Waals surface area contributed by atoms with Crippen molar-refractivity contribution in [3.63, 3.8) is 0 Å². The molecule has 1 saturated carbocycles. The Hall–Kier alpha value is -1.01. The fourth-order valence-electron chi connectivity index (χ4n) is 2.48. The Balaban J connectivity index is 1.90. The van der Waals surface area contributed by atoms with Gasteiger partial charge < -0.3 is 10.1 Å². The van der Waals surface area contributed by atoms with Gasteiger partial charge in [0.1, 0.15) is 4.88 Å². The summed E-state index contributed by atoms with van der Waals surface area (Å²) in [6, 6.07) is 0. The van der Waals surface area contributed by atoms with Gasteiger partial charge in [0.25, 0.3) is 5.91 Å². The largest absolute Gasteiger partial charge is 0.373 e. The monoisotopic (exact) mass is 283 g/mol. The van der Waals surface area contributed by atoms with Gasteiger partial charge >= 0.3 is 0 Å². The minimum Gasteiger partial charge on any atom is -0.373 e. The molecule has 1 aromatic heterocycles. The predicted molar refractivity (Wildman–Crippen MR) is 74.3 cm³/mol. The first-order valence-corrected chi connectivity index (χ1v) is 7.73. The number of aromatic nitrogens is 2. The Morgan fingerprint density at radius 2 is 2.26 bits per heavy atom. The van der Waals surface area contributed by atoms with E-state index in [0.29, 0.717) is 11.4 Å². The lowest BCUT2D eigenvalue weighted by atomic mass is 9.84. The van der Waals surface area contributed by atoms with Gasteiger partial charge in [0.15, 0.2) is 0 Å². The van der Waals surface area contributed by atoms with Crippen molar-refractivity contribution in [2.45, 2.75) is 51.0 Å². The average Bonchev–Trinajstić information content (AvgIpc) is 2.98. The van der Waals surface area contributed by atoms with Crippen LogP contribution in [-0.2, 0) is 4.74 Å². The Morgan fingerprint density at radius 3 is 2.89 bits per heavy atom. The van der Waals surface area contributed by atoms with Crippen LogP contribution in [0.4, 0.5) is 0 Å². The number of hydrogen-bond donors (Lipinski definition) is 1. The molecular formula is C13H21N3O2S. The van der Waals surface area contributed by atoms with Gasteiger partial charge in [0.05, 0.1) is 11.8 Å². The second-order valence-corrected chi connectivity index (χ2v) is 5.84. The highest BCUT2D eigenvalue weighted by Crippen LogP contribution is 2.31. The summed E-state index contributed by atoms with van der Waals surface area (Å²) < 4.78 is 9.75. The molecule has 1 aliphatic rings. The molecule has 1 N–H and O–H groups in total. The Kier molecular flexibility index (Phi) is 5.27. The third kappa shape index (κ3) is 3.98. The van der Waals surface area contributed by atoms with Gasteiger partial charge in [-0.1, -0.05) is 30.7 Å². The van der Waals surface area contributed by atoms with E-state index < -0.39 is 0 Å². The molecule has 0 aromatic carbocycles. The molecule has 5 nitrogen and oxygen atoms in total. The molecule has 6 heteroatoms. The van der Waals surface area contributed by atoms with E-state index in [0.717, 1.165) is 37.4 Å². The SMILES string of the molecule is CCCOC1(CNC(=O)c2cnns2)CCCCC1. The lowest BCUT2D eigenvalue weighted by Gasteiger charge is -2.37. The molecular weight excluding hydrogens is 262 g/mol. The third-order valence-corrected chi connectivity index (χ3v) is 4.20. The van der Waals surface area contributed by atoms with E-state index in [2.05, 4.69) is 21.8 Å². The maximum Gasteiger partial charge on any atom is 0.264 e. The van der Waals surface area contributed by atoms with Crippen molar-refractivity contribution in [1.82, 2.24) is 14.9 Å². The van der Waals surface area contributed by atoms with E-state index in [-0.39, 0.29) is 11.5 Å². The van der Waals surface area contributed by atoms with Gasteiger partial charge in [0, 0.05) is 13.2 Å². The van der Waals surface area contributed by atoms with Gasteiger partial charge in [-0.3, -0.25) is 4.79 Å². The van der Waals surface area contributed by atoms with Gasteiger partial charge in [-0.2, -0.15) is 0 Å². The number of nitrogens with zero attached hydrogens (tertiary/aromatic N) is 2.